The summed E-state index contributed by atoms with van der Waals surface area (Å²) in [5.74, 6) is -1.29. The molecule has 1 N–H and O–H groups in total. The average molecular weight is 312 g/mol. The molecule has 1 amide bonds. The number of amides is 1. The Labute approximate surface area is 130 Å². The van der Waals surface area contributed by atoms with Crippen LogP contribution in [0.4, 0.5) is 5.69 Å². The summed E-state index contributed by atoms with van der Waals surface area (Å²) in [5.41, 5.74) is 1.69. The van der Waals surface area contributed by atoms with E-state index in [0.717, 1.165) is 4.88 Å². The zero-order chi connectivity index (χ0) is 15.7. The van der Waals surface area contributed by atoms with Gasteiger partial charge in [-0.3, -0.25) is 4.79 Å². The number of hydrazone groups is 1. The van der Waals surface area contributed by atoms with Crippen molar-refractivity contribution in [3.63, 3.8) is 0 Å². The van der Waals surface area contributed by atoms with E-state index >= 15 is 0 Å². The minimum atomic E-state index is -1.04. The summed E-state index contributed by atoms with van der Waals surface area (Å²) in [4.78, 5) is 24.5. The number of carboxylic acid groups (broad SMARTS) is 1. The van der Waals surface area contributed by atoms with E-state index in [-0.39, 0.29) is 11.5 Å². The first-order chi connectivity index (χ1) is 10.6. The Hall–Kier alpha value is -2.73. The molecule has 0 bridgehead atoms. The molecule has 3 rings (SSSR count). The molecule has 0 spiro atoms. The highest BCUT2D eigenvalue weighted by Gasteiger charge is 2.29. The molecule has 0 aliphatic carbocycles. The first-order valence-corrected chi connectivity index (χ1v) is 7.43. The van der Waals surface area contributed by atoms with Gasteiger partial charge in [0, 0.05) is 4.88 Å². The number of nitrogens with zero attached hydrogens (tertiary/aromatic N) is 2. The number of hydrogen-bond acceptors (Lipinski definition) is 4. The summed E-state index contributed by atoms with van der Waals surface area (Å²) in [6.45, 7) is 1.76. The van der Waals surface area contributed by atoms with Crippen LogP contribution in [0.15, 0.2) is 52.5 Å². The molecule has 1 aliphatic rings. The summed E-state index contributed by atoms with van der Waals surface area (Å²) in [5, 5.41) is 16.5. The van der Waals surface area contributed by atoms with Crippen LogP contribution in [0.5, 0.6) is 0 Å². The molecule has 0 saturated carbocycles. The molecular formula is C16H12N2O3S. The second-order valence-electron chi connectivity index (χ2n) is 4.73. The van der Waals surface area contributed by atoms with E-state index in [9.17, 15) is 9.59 Å². The van der Waals surface area contributed by atoms with Crippen molar-refractivity contribution in [1.82, 2.24) is 0 Å². The molecular weight excluding hydrogens is 300 g/mol. The van der Waals surface area contributed by atoms with Crippen LogP contribution in [-0.2, 0) is 4.79 Å². The molecule has 5 nitrogen and oxygen atoms in total. The van der Waals surface area contributed by atoms with Gasteiger partial charge in [0.15, 0.2) is 0 Å². The summed E-state index contributed by atoms with van der Waals surface area (Å²) >= 11 is 1.54. The normalized spacial score (nSPS) is 16.2. The molecule has 22 heavy (non-hydrogen) atoms. The van der Waals surface area contributed by atoms with Gasteiger partial charge in [-0.2, -0.15) is 10.1 Å². The molecule has 0 atom stereocenters. The Morgan fingerprint density at radius 2 is 2.14 bits per heavy atom. The van der Waals surface area contributed by atoms with Crippen LogP contribution in [0.25, 0.3) is 6.08 Å². The molecule has 1 aliphatic heterocycles. The first kappa shape index (κ1) is 14.2. The minimum Gasteiger partial charge on any atom is -0.478 e. The highest BCUT2D eigenvalue weighted by atomic mass is 32.1. The Balaban J connectivity index is 1.96. The number of hydrogen-bond donors (Lipinski definition) is 1. The van der Waals surface area contributed by atoms with Gasteiger partial charge in [0.25, 0.3) is 5.91 Å². The highest BCUT2D eigenvalue weighted by molar-refractivity contribution is 7.10. The maximum atomic E-state index is 12.5. The van der Waals surface area contributed by atoms with Crippen molar-refractivity contribution in [2.45, 2.75) is 6.92 Å². The number of benzene rings is 1. The smallest absolute Gasteiger partial charge is 0.335 e. The van der Waals surface area contributed by atoms with Crippen LogP contribution in [-0.4, -0.2) is 22.7 Å². The monoisotopic (exact) mass is 312 g/mol. The molecule has 0 fully saturated rings. The van der Waals surface area contributed by atoms with Gasteiger partial charge in [-0.1, -0.05) is 12.1 Å². The van der Waals surface area contributed by atoms with Crippen LogP contribution in [0.2, 0.25) is 0 Å². The van der Waals surface area contributed by atoms with Gasteiger partial charge in [0.1, 0.15) is 0 Å². The first-order valence-electron chi connectivity index (χ1n) is 6.55. The van der Waals surface area contributed by atoms with Crippen LogP contribution in [0, 0.1) is 0 Å². The van der Waals surface area contributed by atoms with Gasteiger partial charge in [0.2, 0.25) is 0 Å². The van der Waals surface area contributed by atoms with Crippen molar-refractivity contribution < 1.29 is 14.7 Å². The highest BCUT2D eigenvalue weighted by Crippen LogP contribution is 2.26. The number of thiophene rings is 1. The molecule has 0 saturated heterocycles. The zero-order valence-electron chi connectivity index (χ0n) is 11.7. The van der Waals surface area contributed by atoms with Gasteiger partial charge in [0.05, 0.1) is 22.5 Å². The summed E-state index contributed by atoms with van der Waals surface area (Å²) in [7, 11) is 0. The number of carbonyl (C=O) groups is 2. The molecule has 0 unspecified atom stereocenters. The number of carboxylic acids is 1. The topological polar surface area (TPSA) is 70.0 Å². The summed E-state index contributed by atoms with van der Waals surface area (Å²) in [6, 6.07) is 10.0. The SMILES string of the molecule is CC1=NN(c2cccc(C(=O)O)c2)C(=O)/C1=C\c1cccs1. The molecule has 6 heteroatoms. The average Bonchev–Trinajstić information content (AvgIpc) is 3.11. The van der Waals surface area contributed by atoms with E-state index in [4.69, 9.17) is 5.11 Å². The fraction of sp³-hybridized carbons (Fsp3) is 0.0625. The standard InChI is InChI=1S/C16H12N2O3S/c1-10-14(9-13-6-3-7-22-13)15(19)18(17-10)12-5-2-4-11(8-12)16(20)21/h2-9H,1H3,(H,20,21)/b14-9-. The Kier molecular flexibility index (Phi) is 3.60. The Bertz CT molecular complexity index is 807. The van der Waals surface area contributed by atoms with Gasteiger partial charge in [-0.25, -0.2) is 4.79 Å². The second-order valence-corrected chi connectivity index (χ2v) is 5.71. The van der Waals surface area contributed by atoms with Crippen molar-refractivity contribution in [3.05, 3.63) is 57.8 Å². The largest absolute Gasteiger partial charge is 0.478 e. The Morgan fingerprint density at radius 1 is 1.32 bits per heavy atom. The lowest BCUT2D eigenvalue weighted by molar-refractivity contribution is -0.114. The summed E-state index contributed by atoms with van der Waals surface area (Å²) in [6.07, 6.45) is 1.80. The van der Waals surface area contributed by atoms with Crippen LogP contribution in [0.3, 0.4) is 0 Å². The number of carbonyl (C=O) groups excluding carboxylic acids is 1. The van der Waals surface area contributed by atoms with Crippen LogP contribution in [0.1, 0.15) is 22.2 Å². The lowest BCUT2D eigenvalue weighted by Crippen LogP contribution is -2.21. The van der Waals surface area contributed by atoms with E-state index in [1.807, 2.05) is 17.5 Å². The molecule has 110 valence electrons. The van der Waals surface area contributed by atoms with Gasteiger partial charge >= 0.3 is 5.97 Å². The quantitative estimate of drug-likeness (QED) is 0.884. The van der Waals surface area contributed by atoms with E-state index in [2.05, 4.69) is 5.10 Å². The van der Waals surface area contributed by atoms with Crippen LogP contribution >= 0.6 is 11.3 Å². The van der Waals surface area contributed by atoms with E-state index < -0.39 is 5.97 Å². The van der Waals surface area contributed by atoms with E-state index in [0.29, 0.717) is 17.0 Å². The van der Waals surface area contributed by atoms with Gasteiger partial charge in [-0.05, 0) is 42.6 Å². The summed E-state index contributed by atoms with van der Waals surface area (Å²) < 4.78 is 0. The maximum absolute atomic E-state index is 12.5. The number of aromatic carboxylic acids is 1. The van der Waals surface area contributed by atoms with Gasteiger partial charge < -0.3 is 5.11 Å². The van der Waals surface area contributed by atoms with E-state index in [1.165, 1.54) is 28.5 Å². The fourth-order valence-electron chi connectivity index (χ4n) is 2.15. The number of rotatable bonds is 3. The predicted molar refractivity (Wildman–Crippen MR) is 86.3 cm³/mol. The third-order valence-corrected chi connectivity index (χ3v) is 4.05. The van der Waals surface area contributed by atoms with E-state index in [1.54, 1.807) is 25.1 Å². The molecule has 1 aromatic heterocycles. The minimum absolute atomic E-state index is 0.119. The number of anilines is 1. The third kappa shape index (κ3) is 2.56. The van der Waals surface area contributed by atoms with Crippen LogP contribution < -0.4 is 5.01 Å². The molecule has 0 radical (unpaired) electrons. The predicted octanol–water partition coefficient (Wildman–Crippen LogP) is 3.25. The second kappa shape index (κ2) is 5.57. The third-order valence-electron chi connectivity index (χ3n) is 3.23. The van der Waals surface area contributed by atoms with Crippen molar-refractivity contribution in [2.75, 3.05) is 5.01 Å². The Morgan fingerprint density at radius 3 is 2.82 bits per heavy atom. The molecule has 2 heterocycles. The molecule has 2 aromatic rings. The van der Waals surface area contributed by atoms with Crippen molar-refractivity contribution >= 4 is 40.7 Å². The van der Waals surface area contributed by atoms with Crippen molar-refractivity contribution in [2.24, 2.45) is 5.10 Å². The fourth-order valence-corrected chi connectivity index (χ4v) is 2.80. The molecule has 1 aromatic carbocycles. The van der Waals surface area contributed by atoms with Crippen molar-refractivity contribution in [1.29, 1.82) is 0 Å². The van der Waals surface area contributed by atoms with Gasteiger partial charge in [-0.15, -0.1) is 11.3 Å². The maximum Gasteiger partial charge on any atom is 0.335 e. The lowest BCUT2D eigenvalue weighted by atomic mass is 10.1. The zero-order valence-corrected chi connectivity index (χ0v) is 12.5. The van der Waals surface area contributed by atoms with Crippen molar-refractivity contribution in [3.8, 4) is 0 Å². The lowest BCUT2D eigenvalue weighted by Gasteiger charge is -2.12.